The second kappa shape index (κ2) is 5.14. The van der Waals surface area contributed by atoms with E-state index in [9.17, 15) is 9.50 Å². The number of ether oxygens (including phenoxy) is 1. The summed E-state index contributed by atoms with van der Waals surface area (Å²) >= 11 is 0. The number of nitrogens with one attached hydrogen (secondary N) is 1. The molecule has 0 heterocycles. The Morgan fingerprint density at radius 1 is 1.33 bits per heavy atom. The molecule has 1 unspecified atom stereocenters. The molecule has 0 aliphatic carbocycles. The smallest absolute Gasteiger partial charge is 0.215 e. The van der Waals surface area contributed by atoms with Crippen LogP contribution < -0.4 is 0 Å². The van der Waals surface area contributed by atoms with Crippen molar-refractivity contribution in [1.29, 1.82) is 5.41 Å². The molecule has 18 heavy (non-hydrogen) atoms. The summed E-state index contributed by atoms with van der Waals surface area (Å²) in [5.74, 6) is -0.876. The van der Waals surface area contributed by atoms with Crippen molar-refractivity contribution in [2.45, 2.75) is 13.0 Å². The van der Waals surface area contributed by atoms with Gasteiger partial charge in [-0.05, 0) is 23.8 Å². The van der Waals surface area contributed by atoms with Crippen LogP contribution in [0.15, 0.2) is 36.4 Å². The molecule has 2 rings (SSSR count). The maximum absolute atomic E-state index is 13.9. The highest BCUT2D eigenvalue weighted by atomic mass is 19.1. The van der Waals surface area contributed by atoms with E-state index in [0.717, 1.165) is 5.39 Å². The average molecular weight is 247 g/mol. The molecule has 4 heteroatoms. The summed E-state index contributed by atoms with van der Waals surface area (Å²) < 4.78 is 18.8. The van der Waals surface area contributed by atoms with E-state index in [1.165, 1.54) is 6.07 Å². The van der Waals surface area contributed by atoms with Gasteiger partial charge < -0.3 is 9.84 Å². The molecular formula is C14H14FNO2. The van der Waals surface area contributed by atoms with Crippen LogP contribution in [0.1, 0.15) is 18.6 Å². The lowest BCUT2D eigenvalue weighted by Gasteiger charge is -2.15. The fourth-order valence-corrected chi connectivity index (χ4v) is 1.91. The van der Waals surface area contributed by atoms with Gasteiger partial charge in [0.05, 0.1) is 6.61 Å². The Bertz CT molecular complexity index is 583. The number of hydrogen-bond acceptors (Lipinski definition) is 3. The molecule has 0 fully saturated rings. The minimum atomic E-state index is -1.38. The molecule has 0 amide bonds. The standard InChI is InChI=1S/C14H14FNO2/c1-2-18-14(16)13(17)12-10-6-4-3-5-9(10)7-8-11(12)15/h3-8,13,16-17H,2H2,1H3. The van der Waals surface area contributed by atoms with Crippen LogP contribution in [0.25, 0.3) is 10.8 Å². The van der Waals surface area contributed by atoms with E-state index in [4.69, 9.17) is 10.1 Å². The van der Waals surface area contributed by atoms with Crippen LogP contribution in [-0.4, -0.2) is 17.6 Å². The fraction of sp³-hybridized carbons (Fsp3) is 0.214. The van der Waals surface area contributed by atoms with Gasteiger partial charge in [0.2, 0.25) is 5.90 Å². The van der Waals surface area contributed by atoms with Crippen molar-refractivity contribution in [3.8, 4) is 0 Å². The zero-order valence-corrected chi connectivity index (χ0v) is 9.98. The van der Waals surface area contributed by atoms with E-state index in [0.29, 0.717) is 5.39 Å². The largest absolute Gasteiger partial charge is 0.479 e. The minimum absolute atomic E-state index is 0.0894. The van der Waals surface area contributed by atoms with Gasteiger partial charge in [0.25, 0.3) is 0 Å². The Balaban J connectivity index is 2.55. The first-order valence-corrected chi connectivity index (χ1v) is 5.71. The quantitative estimate of drug-likeness (QED) is 0.647. The van der Waals surface area contributed by atoms with Gasteiger partial charge >= 0.3 is 0 Å². The maximum atomic E-state index is 13.9. The first-order chi connectivity index (χ1) is 8.65. The number of benzene rings is 2. The summed E-state index contributed by atoms with van der Waals surface area (Å²) in [7, 11) is 0. The lowest BCUT2D eigenvalue weighted by atomic mass is 9.99. The molecular weight excluding hydrogens is 233 g/mol. The molecule has 0 aromatic heterocycles. The molecule has 0 spiro atoms. The Kier molecular flexibility index (Phi) is 3.58. The van der Waals surface area contributed by atoms with E-state index >= 15 is 0 Å². The van der Waals surface area contributed by atoms with Crippen molar-refractivity contribution in [1.82, 2.24) is 0 Å². The minimum Gasteiger partial charge on any atom is -0.479 e. The molecule has 94 valence electrons. The molecule has 0 aliphatic rings. The van der Waals surface area contributed by atoms with Gasteiger partial charge in [0.15, 0.2) is 6.10 Å². The first-order valence-electron chi connectivity index (χ1n) is 5.71. The topological polar surface area (TPSA) is 53.3 Å². The number of aliphatic hydroxyl groups excluding tert-OH is 1. The fourth-order valence-electron chi connectivity index (χ4n) is 1.91. The second-order valence-electron chi connectivity index (χ2n) is 3.88. The van der Waals surface area contributed by atoms with Gasteiger partial charge in [-0.2, -0.15) is 0 Å². The van der Waals surface area contributed by atoms with E-state index in [-0.39, 0.29) is 18.1 Å². The predicted molar refractivity (Wildman–Crippen MR) is 68.2 cm³/mol. The predicted octanol–water partition coefficient (Wildman–Crippen LogP) is 3.03. The van der Waals surface area contributed by atoms with Crippen LogP contribution in [0.3, 0.4) is 0 Å². The van der Waals surface area contributed by atoms with Gasteiger partial charge in [0, 0.05) is 5.56 Å². The van der Waals surface area contributed by atoms with E-state index in [1.807, 2.05) is 12.1 Å². The van der Waals surface area contributed by atoms with Gasteiger partial charge in [-0.25, -0.2) is 4.39 Å². The summed E-state index contributed by atoms with van der Waals surface area (Å²) in [4.78, 5) is 0. The van der Waals surface area contributed by atoms with Crippen LogP contribution in [0.4, 0.5) is 4.39 Å². The summed E-state index contributed by atoms with van der Waals surface area (Å²) in [5.41, 5.74) is 0.0894. The van der Waals surface area contributed by atoms with E-state index in [2.05, 4.69) is 0 Å². The molecule has 2 aromatic carbocycles. The molecule has 1 atom stereocenters. The third kappa shape index (κ3) is 2.19. The van der Waals surface area contributed by atoms with Gasteiger partial charge in [0.1, 0.15) is 5.82 Å². The molecule has 0 saturated carbocycles. The molecule has 2 aromatic rings. The van der Waals surface area contributed by atoms with Crippen LogP contribution in [0, 0.1) is 11.2 Å². The van der Waals surface area contributed by atoms with Crippen molar-refractivity contribution in [3.05, 3.63) is 47.8 Å². The van der Waals surface area contributed by atoms with E-state index in [1.54, 1.807) is 25.1 Å². The monoisotopic (exact) mass is 247 g/mol. The summed E-state index contributed by atoms with van der Waals surface area (Å²) in [6.07, 6.45) is -1.38. The van der Waals surface area contributed by atoms with Crippen LogP contribution in [0.2, 0.25) is 0 Å². The molecule has 0 saturated heterocycles. The summed E-state index contributed by atoms with van der Waals surface area (Å²) in [6, 6.07) is 10.1. The summed E-state index contributed by atoms with van der Waals surface area (Å²) in [5, 5.41) is 19.0. The normalized spacial score (nSPS) is 12.4. The zero-order chi connectivity index (χ0) is 13.1. The summed E-state index contributed by atoms with van der Waals surface area (Å²) in [6.45, 7) is 1.98. The number of halogens is 1. The Morgan fingerprint density at radius 3 is 2.78 bits per heavy atom. The number of hydrogen-bond donors (Lipinski definition) is 2. The highest BCUT2D eigenvalue weighted by Crippen LogP contribution is 2.28. The number of aliphatic hydroxyl groups is 1. The maximum Gasteiger partial charge on any atom is 0.215 e. The van der Waals surface area contributed by atoms with Crippen molar-refractivity contribution < 1.29 is 14.2 Å². The van der Waals surface area contributed by atoms with Crippen molar-refractivity contribution in [2.24, 2.45) is 0 Å². The Morgan fingerprint density at radius 2 is 2.06 bits per heavy atom. The molecule has 0 bridgehead atoms. The zero-order valence-electron chi connectivity index (χ0n) is 9.98. The van der Waals surface area contributed by atoms with Crippen LogP contribution in [-0.2, 0) is 4.74 Å². The lowest BCUT2D eigenvalue weighted by Crippen LogP contribution is -2.16. The second-order valence-corrected chi connectivity index (χ2v) is 3.88. The molecule has 0 radical (unpaired) electrons. The average Bonchev–Trinajstić information content (AvgIpc) is 2.38. The van der Waals surface area contributed by atoms with Gasteiger partial charge in [-0.3, -0.25) is 5.41 Å². The first kappa shape index (κ1) is 12.5. The highest BCUT2D eigenvalue weighted by molar-refractivity contribution is 5.91. The Labute approximate surface area is 104 Å². The number of rotatable bonds is 3. The van der Waals surface area contributed by atoms with Crippen molar-refractivity contribution in [3.63, 3.8) is 0 Å². The lowest BCUT2D eigenvalue weighted by molar-refractivity contribution is 0.188. The highest BCUT2D eigenvalue weighted by Gasteiger charge is 2.21. The van der Waals surface area contributed by atoms with Crippen molar-refractivity contribution in [2.75, 3.05) is 6.61 Å². The van der Waals surface area contributed by atoms with Crippen LogP contribution in [0.5, 0.6) is 0 Å². The van der Waals surface area contributed by atoms with E-state index < -0.39 is 11.9 Å². The number of fused-ring (bicyclic) bond motifs is 1. The third-order valence-corrected chi connectivity index (χ3v) is 2.74. The molecule has 2 N–H and O–H groups in total. The SMILES string of the molecule is CCOC(=N)C(O)c1c(F)ccc2ccccc12. The van der Waals surface area contributed by atoms with Crippen LogP contribution >= 0.6 is 0 Å². The Hall–Kier alpha value is -1.94. The molecule has 0 aliphatic heterocycles. The van der Waals surface area contributed by atoms with Crippen molar-refractivity contribution >= 4 is 16.7 Å². The third-order valence-electron chi connectivity index (χ3n) is 2.74. The molecule has 3 nitrogen and oxygen atoms in total. The van der Waals surface area contributed by atoms with Gasteiger partial charge in [-0.15, -0.1) is 0 Å². The van der Waals surface area contributed by atoms with Gasteiger partial charge in [-0.1, -0.05) is 30.3 Å².